The summed E-state index contributed by atoms with van der Waals surface area (Å²) in [4.78, 5) is 28.3. The van der Waals surface area contributed by atoms with Crippen molar-refractivity contribution in [3.63, 3.8) is 0 Å². The number of anilines is 1. The summed E-state index contributed by atoms with van der Waals surface area (Å²) < 4.78 is 31.6. The first-order valence-electron chi connectivity index (χ1n) is 11.7. The Kier molecular flexibility index (Phi) is 11.4. The fourth-order valence-electron chi connectivity index (χ4n) is 3.64. The fourth-order valence-corrected chi connectivity index (χ4v) is 5.25. The van der Waals surface area contributed by atoms with Crippen LogP contribution in [0.25, 0.3) is 0 Å². The molecule has 0 aromatic heterocycles. The van der Waals surface area contributed by atoms with Gasteiger partial charge in [0.2, 0.25) is 21.8 Å². The highest BCUT2D eigenvalue weighted by Gasteiger charge is 2.33. The molecule has 0 aliphatic rings. The van der Waals surface area contributed by atoms with E-state index >= 15 is 0 Å². The van der Waals surface area contributed by atoms with Gasteiger partial charge in [-0.2, -0.15) is 0 Å². The van der Waals surface area contributed by atoms with Crippen molar-refractivity contribution in [1.82, 2.24) is 10.2 Å². The Bertz CT molecular complexity index is 1210. The molecule has 8 nitrogen and oxygen atoms in total. The fraction of sp³-hybridized carbons (Fsp3) is 0.440. The highest BCUT2D eigenvalue weighted by Crippen LogP contribution is 2.31. The summed E-state index contributed by atoms with van der Waals surface area (Å²) in [6.45, 7) is 4.90. The Balaban J connectivity index is 2.53. The molecular formula is C25H32Cl3N3O5S. The van der Waals surface area contributed by atoms with E-state index in [0.717, 1.165) is 10.6 Å². The average molecular weight is 593 g/mol. The van der Waals surface area contributed by atoms with E-state index in [1.165, 1.54) is 30.2 Å². The molecule has 2 unspecified atom stereocenters. The molecule has 1 N–H and O–H groups in total. The van der Waals surface area contributed by atoms with Crippen molar-refractivity contribution >= 4 is 62.3 Å². The quantitative estimate of drug-likeness (QED) is 0.368. The van der Waals surface area contributed by atoms with E-state index < -0.39 is 28.5 Å². The number of ether oxygens (including phenoxy) is 1. The number of nitrogens with zero attached hydrogens (tertiary/aromatic N) is 2. The number of benzene rings is 2. The van der Waals surface area contributed by atoms with Gasteiger partial charge in [0.1, 0.15) is 18.3 Å². The zero-order valence-corrected chi connectivity index (χ0v) is 24.5. The first-order valence-corrected chi connectivity index (χ1v) is 14.7. The minimum absolute atomic E-state index is 0.0925. The zero-order chi connectivity index (χ0) is 27.9. The van der Waals surface area contributed by atoms with Crippen LogP contribution < -0.4 is 14.4 Å². The number of sulfonamides is 1. The maximum atomic E-state index is 13.8. The van der Waals surface area contributed by atoms with E-state index in [1.54, 1.807) is 25.1 Å². The molecule has 0 spiro atoms. The number of carbonyl (C=O) groups excluding carboxylic acids is 2. The molecule has 2 aromatic carbocycles. The molecular weight excluding hydrogens is 561 g/mol. The van der Waals surface area contributed by atoms with Gasteiger partial charge in [-0.3, -0.25) is 13.9 Å². The van der Waals surface area contributed by atoms with Gasteiger partial charge in [-0.05, 0) is 50.1 Å². The number of hydrogen-bond acceptors (Lipinski definition) is 5. The molecule has 2 atom stereocenters. The van der Waals surface area contributed by atoms with Crippen LogP contribution in [0.1, 0.15) is 39.2 Å². The van der Waals surface area contributed by atoms with Gasteiger partial charge in [0.25, 0.3) is 0 Å². The van der Waals surface area contributed by atoms with Crippen LogP contribution >= 0.6 is 34.8 Å². The molecule has 12 heteroatoms. The van der Waals surface area contributed by atoms with Crippen LogP contribution in [0.4, 0.5) is 5.69 Å². The normalized spacial score (nSPS) is 13.0. The number of amides is 2. The number of hydrogen-bond donors (Lipinski definition) is 1. The van der Waals surface area contributed by atoms with E-state index in [9.17, 15) is 18.0 Å². The van der Waals surface area contributed by atoms with Crippen LogP contribution in [0.3, 0.4) is 0 Å². The van der Waals surface area contributed by atoms with E-state index in [4.69, 9.17) is 39.5 Å². The number of nitrogens with one attached hydrogen (secondary N) is 1. The lowest BCUT2D eigenvalue weighted by Gasteiger charge is -2.33. The van der Waals surface area contributed by atoms with Crippen molar-refractivity contribution in [3.05, 3.63) is 57.0 Å². The molecule has 37 heavy (non-hydrogen) atoms. The van der Waals surface area contributed by atoms with E-state index in [1.807, 2.05) is 13.8 Å². The largest absolute Gasteiger partial charge is 0.495 e. The summed E-state index contributed by atoms with van der Waals surface area (Å²) >= 11 is 19.0. The molecule has 2 amide bonds. The first kappa shape index (κ1) is 31.0. The summed E-state index contributed by atoms with van der Waals surface area (Å²) in [7, 11) is -2.48. The van der Waals surface area contributed by atoms with Crippen LogP contribution in [0, 0.1) is 0 Å². The summed E-state index contributed by atoms with van der Waals surface area (Å²) in [5.74, 6) is -0.612. The van der Waals surface area contributed by atoms with Crippen LogP contribution in [-0.4, -0.2) is 57.1 Å². The second-order valence-electron chi connectivity index (χ2n) is 8.55. The maximum Gasteiger partial charge on any atom is 0.244 e. The molecule has 2 rings (SSSR count). The molecule has 0 saturated heterocycles. The lowest BCUT2D eigenvalue weighted by atomic mass is 10.1. The van der Waals surface area contributed by atoms with Gasteiger partial charge < -0.3 is 15.0 Å². The van der Waals surface area contributed by atoms with Crippen molar-refractivity contribution in [1.29, 1.82) is 0 Å². The number of halogens is 3. The Morgan fingerprint density at radius 1 is 1.03 bits per heavy atom. The van der Waals surface area contributed by atoms with Gasteiger partial charge in [0.15, 0.2) is 0 Å². The number of rotatable bonds is 12. The SMILES string of the molecule is CCC(C)NC(=O)C(CC)N(Cc1c(Cl)cccc1Cl)C(=O)CN(c1ccc(OC)c(Cl)c1)S(C)(=O)=O. The molecule has 0 aliphatic heterocycles. The highest BCUT2D eigenvalue weighted by molar-refractivity contribution is 7.92. The van der Waals surface area contributed by atoms with E-state index in [0.29, 0.717) is 27.8 Å². The molecule has 204 valence electrons. The van der Waals surface area contributed by atoms with Crippen molar-refractivity contribution in [3.8, 4) is 5.75 Å². The Hall–Kier alpha value is -2.20. The second kappa shape index (κ2) is 13.6. The molecule has 0 bridgehead atoms. The molecule has 0 saturated carbocycles. The van der Waals surface area contributed by atoms with Crippen molar-refractivity contribution < 1.29 is 22.7 Å². The summed E-state index contributed by atoms with van der Waals surface area (Å²) in [5.41, 5.74) is 0.627. The van der Waals surface area contributed by atoms with Gasteiger partial charge in [-0.25, -0.2) is 8.42 Å². The predicted molar refractivity (Wildman–Crippen MR) is 149 cm³/mol. The number of carbonyl (C=O) groups is 2. The Labute approximate surface area is 233 Å². The lowest BCUT2D eigenvalue weighted by molar-refractivity contribution is -0.140. The van der Waals surface area contributed by atoms with Crippen LogP contribution in [-0.2, 0) is 26.2 Å². The van der Waals surface area contributed by atoms with Gasteiger partial charge in [0, 0.05) is 28.2 Å². The van der Waals surface area contributed by atoms with Crippen LogP contribution in [0.2, 0.25) is 15.1 Å². The van der Waals surface area contributed by atoms with Gasteiger partial charge in [0.05, 0.1) is 24.1 Å². The van der Waals surface area contributed by atoms with E-state index in [-0.39, 0.29) is 35.6 Å². The van der Waals surface area contributed by atoms with Gasteiger partial charge in [-0.15, -0.1) is 0 Å². The Morgan fingerprint density at radius 3 is 2.14 bits per heavy atom. The van der Waals surface area contributed by atoms with Crippen molar-refractivity contribution in [2.24, 2.45) is 0 Å². The maximum absolute atomic E-state index is 13.8. The van der Waals surface area contributed by atoms with Gasteiger partial charge in [-0.1, -0.05) is 54.7 Å². The standard InChI is InChI=1S/C25H32Cl3N3O5S/c1-6-16(3)29-25(33)22(7-2)30(14-18-19(26)9-8-10-20(18)27)24(32)15-31(37(5,34)35)17-11-12-23(36-4)21(28)13-17/h8-13,16,22H,6-7,14-15H2,1-5H3,(H,29,33). The highest BCUT2D eigenvalue weighted by atomic mass is 35.5. The molecule has 0 fully saturated rings. The third-order valence-electron chi connectivity index (χ3n) is 5.88. The number of methoxy groups -OCH3 is 1. The molecule has 0 heterocycles. The van der Waals surface area contributed by atoms with Gasteiger partial charge >= 0.3 is 0 Å². The molecule has 2 aromatic rings. The second-order valence-corrected chi connectivity index (χ2v) is 11.7. The zero-order valence-electron chi connectivity index (χ0n) is 21.4. The monoisotopic (exact) mass is 591 g/mol. The third kappa shape index (κ3) is 8.14. The Morgan fingerprint density at radius 2 is 1.65 bits per heavy atom. The minimum atomic E-state index is -3.91. The molecule has 0 radical (unpaired) electrons. The minimum Gasteiger partial charge on any atom is -0.495 e. The molecule has 0 aliphatic carbocycles. The summed E-state index contributed by atoms with van der Waals surface area (Å²) in [6, 6.07) is 8.33. The lowest BCUT2D eigenvalue weighted by Crippen LogP contribution is -2.53. The van der Waals surface area contributed by atoms with E-state index in [2.05, 4.69) is 5.32 Å². The van der Waals surface area contributed by atoms with Crippen LogP contribution in [0.5, 0.6) is 5.75 Å². The van der Waals surface area contributed by atoms with Crippen molar-refractivity contribution in [2.45, 2.75) is 52.2 Å². The summed E-state index contributed by atoms with van der Waals surface area (Å²) in [6.07, 6.45) is 1.97. The topological polar surface area (TPSA) is 96.0 Å². The van der Waals surface area contributed by atoms with Crippen LogP contribution in [0.15, 0.2) is 36.4 Å². The smallest absolute Gasteiger partial charge is 0.244 e. The van der Waals surface area contributed by atoms with Crippen molar-refractivity contribution in [2.75, 3.05) is 24.2 Å². The third-order valence-corrected chi connectivity index (χ3v) is 8.02. The predicted octanol–water partition coefficient (Wildman–Crippen LogP) is 5.14. The summed E-state index contributed by atoms with van der Waals surface area (Å²) in [5, 5.41) is 3.73. The average Bonchev–Trinajstić information content (AvgIpc) is 2.83. The first-order chi connectivity index (χ1) is 17.3.